The summed E-state index contributed by atoms with van der Waals surface area (Å²) >= 11 is 0. The van der Waals surface area contributed by atoms with Crippen molar-refractivity contribution in [1.29, 1.82) is 0 Å². The van der Waals surface area contributed by atoms with Gasteiger partial charge in [-0.2, -0.15) is 0 Å². The maximum atomic E-state index is 6.05. The van der Waals surface area contributed by atoms with Crippen LogP contribution < -0.4 is 0 Å². The third-order valence-corrected chi connectivity index (χ3v) is 8.04. The fourth-order valence-electron chi connectivity index (χ4n) is 3.78. The molecular formula is C23H33NO4Si. The molecule has 0 aliphatic carbocycles. The largest absolute Gasteiger partial charge is 0.501 e. The minimum absolute atomic E-state index is 0.204. The van der Waals surface area contributed by atoms with Crippen LogP contribution in [0.4, 0.5) is 0 Å². The fourth-order valence-corrected chi connectivity index (χ4v) is 6.36. The van der Waals surface area contributed by atoms with Crippen LogP contribution in [0.2, 0.25) is 6.04 Å². The van der Waals surface area contributed by atoms with E-state index in [0.717, 1.165) is 29.3 Å². The van der Waals surface area contributed by atoms with Gasteiger partial charge in [-0.15, -0.1) is 0 Å². The Morgan fingerprint density at radius 2 is 1.62 bits per heavy atom. The van der Waals surface area contributed by atoms with E-state index in [9.17, 15) is 0 Å². The quantitative estimate of drug-likeness (QED) is 0.513. The predicted molar refractivity (Wildman–Crippen MR) is 120 cm³/mol. The van der Waals surface area contributed by atoms with Gasteiger partial charge in [0.2, 0.25) is 5.90 Å². The summed E-state index contributed by atoms with van der Waals surface area (Å²) in [4.78, 5) is 4.87. The fraction of sp³-hybridized carbons (Fsp3) is 0.522. The van der Waals surface area contributed by atoms with Crippen LogP contribution >= 0.6 is 0 Å². The molecule has 2 aromatic carbocycles. The molecule has 1 aliphatic heterocycles. The van der Waals surface area contributed by atoms with Crippen LogP contribution in [0.1, 0.15) is 45.7 Å². The van der Waals surface area contributed by atoms with Crippen molar-refractivity contribution >= 4 is 25.5 Å². The van der Waals surface area contributed by atoms with Gasteiger partial charge in [0.15, 0.2) is 0 Å². The van der Waals surface area contributed by atoms with Gasteiger partial charge in [0, 0.05) is 31.4 Å². The van der Waals surface area contributed by atoms with Gasteiger partial charge in [-0.1, -0.05) is 36.4 Å². The molecule has 0 unspecified atom stereocenters. The van der Waals surface area contributed by atoms with Gasteiger partial charge in [0.25, 0.3) is 0 Å². The Labute approximate surface area is 175 Å². The number of rotatable bonds is 10. The first-order valence-electron chi connectivity index (χ1n) is 10.6. The SMILES string of the molecule is CCO[Si](CCc1ccc2ccccc2c1C1=NC(C)(C)CO1)(OCC)OCC. The first kappa shape index (κ1) is 22.0. The van der Waals surface area contributed by atoms with E-state index >= 15 is 0 Å². The summed E-state index contributed by atoms with van der Waals surface area (Å²) in [7, 11) is -2.72. The Balaban J connectivity index is 2.00. The summed E-state index contributed by atoms with van der Waals surface area (Å²) < 4.78 is 24.2. The zero-order valence-corrected chi connectivity index (χ0v) is 19.3. The summed E-state index contributed by atoms with van der Waals surface area (Å²) in [5.41, 5.74) is 2.07. The molecule has 0 spiro atoms. The first-order valence-corrected chi connectivity index (χ1v) is 12.5. The maximum absolute atomic E-state index is 6.05. The second-order valence-corrected chi connectivity index (χ2v) is 10.6. The molecule has 29 heavy (non-hydrogen) atoms. The number of fused-ring (bicyclic) bond motifs is 1. The number of aliphatic imine (C=N–C) groups is 1. The van der Waals surface area contributed by atoms with E-state index in [1.807, 2.05) is 20.8 Å². The second-order valence-electron chi connectivity index (χ2n) is 7.82. The van der Waals surface area contributed by atoms with Gasteiger partial charge in [-0.25, -0.2) is 4.99 Å². The van der Waals surface area contributed by atoms with Crippen molar-refractivity contribution in [3.05, 3.63) is 47.5 Å². The van der Waals surface area contributed by atoms with Crippen LogP contribution in [0.15, 0.2) is 41.4 Å². The first-order chi connectivity index (χ1) is 13.9. The average molecular weight is 416 g/mol. The van der Waals surface area contributed by atoms with Crippen molar-refractivity contribution in [1.82, 2.24) is 0 Å². The predicted octanol–water partition coefficient (Wildman–Crippen LogP) is 4.99. The van der Waals surface area contributed by atoms with Crippen LogP contribution in [0.5, 0.6) is 0 Å². The minimum atomic E-state index is -2.72. The molecule has 0 radical (unpaired) electrons. The Bertz CT molecular complexity index is 848. The lowest BCUT2D eigenvalue weighted by molar-refractivity contribution is 0.0714. The molecule has 0 aromatic heterocycles. The van der Waals surface area contributed by atoms with Crippen LogP contribution in [0.25, 0.3) is 10.8 Å². The van der Waals surface area contributed by atoms with Gasteiger partial charge >= 0.3 is 8.80 Å². The van der Waals surface area contributed by atoms with Gasteiger partial charge in [0.1, 0.15) is 6.61 Å². The lowest BCUT2D eigenvalue weighted by atomic mass is 9.97. The van der Waals surface area contributed by atoms with Crippen molar-refractivity contribution in [2.75, 3.05) is 26.4 Å². The summed E-state index contributed by atoms with van der Waals surface area (Å²) in [6.45, 7) is 12.5. The summed E-state index contributed by atoms with van der Waals surface area (Å²) in [5.74, 6) is 0.735. The Morgan fingerprint density at radius 3 is 2.21 bits per heavy atom. The van der Waals surface area contributed by atoms with E-state index in [1.165, 1.54) is 10.9 Å². The Kier molecular flexibility index (Phi) is 7.11. The van der Waals surface area contributed by atoms with Crippen molar-refractivity contribution < 1.29 is 18.0 Å². The highest BCUT2D eigenvalue weighted by molar-refractivity contribution is 6.60. The lowest BCUT2D eigenvalue weighted by Crippen LogP contribution is -2.46. The van der Waals surface area contributed by atoms with Crippen LogP contribution in [0, 0.1) is 0 Å². The van der Waals surface area contributed by atoms with Crippen molar-refractivity contribution in [2.45, 2.75) is 52.6 Å². The van der Waals surface area contributed by atoms with Gasteiger partial charge < -0.3 is 18.0 Å². The van der Waals surface area contributed by atoms with Gasteiger partial charge in [-0.3, -0.25) is 0 Å². The van der Waals surface area contributed by atoms with E-state index in [0.29, 0.717) is 26.4 Å². The Hall–Kier alpha value is -1.73. The molecule has 2 aromatic rings. The van der Waals surface area contributed by atoms with Gasteiger partial charge in [0.05, 0.1) is 5.54 Å². The number of hydrogen-bond donors (Lipinski definition) is 0. The molecule has 158 valence electrons. The van der Waals surface area contributed by atoms with Crippen molar-refractivity contribution in [3.63, 3.8) is 0 Å². The number of ether oxygens (including phenoxy) is 1. The van der Waals surface area contributed by atoms with E-state index in [1.54, 1.807) is 0 Å². The van der Waals surface area contributed by atoms with Crippen molar-refractivity contribution in [2.24, 2.45) is 4.99 Å². The summed E-state index contributed by atoms with van der Waals surface area (Å²) in [6, 6.07) is 13.5. The average Bonchev–Trinajstić information content (AvgIpc) is 3.06. The summed E-state index contributed by atoms with van der Waals surface area (Å²) in [6.07, 6.45) is 0.787. The highest BCUT2D eigenvalue weighted by atomic mass is 28.4. The minimum Gasteiger partial charge on any atom is -0.475 e. The molecule has 0 bridgehead atoms. The number of hydrogen-bond acceptors (Lipinski definition) is 5. The molecule has 6 heteroatoms. The van der Waals surface area contributed by atoms with E-state index in [2.05, 4.69) is 50.2 Å². The number of benzene rings is 2. The van der Waals surface area contributed by atoms with Crippen LogP contribution in [0.3, 0.4) is 0 Å². The molecule has 0 N–H and O–H groups in total. The topological polar surface area (TPSA) is 49.3 Å². The maximum Gasteiger partial charge on any atom is 0.501 e. The van der Waals surface area contributed by atoms with E-state index in [4.69, 9.17) is 23.0 Å². The molecule has 1 heterocycles. The zero-order valence-electron chi connectivity index (χ0n) is 18.3. The van der Waals surface area contributed by atoms with Crippen LogP contribution in [-0.2, 0) is 24.4 Å². The third-order valence-electron chi connectivity index (χ3n) is 4.99. The molecule has 1 aliphatic rings. The lowest BCUT2D eigenvalue weighted by Gasteiger charge is -2.28. The standard InChI is InChI=1S/C23H33NO4Si/c1-6-26-29(27-7-2,28-8-3)16-15-19-14-13-18-11-9-10-12-20(18)21(19)22-24-23(4,5)17-25-22/h9-14H,6-8,15-17H2,1-5H3. The molecule has 0 amide bonds. The molecule has 0 saturated heterocycles. The normalized spacial score (nSPS) is 16.1. The molecule has 3 rings (SSSR count). The number of aryl methyl sites for hydroxylation is 1. The smallest absolute Gasteiger partial charge is 0.475 e. The zero-order chi connectivity index (χ0) is 20.9. The highest BCUT2D eigenvalue weighted by Gasteiger charge is 2.40. The monoisotopic (exact) mass is 415 g/mol. The third kappa shape index (κ3) is 5.06. The summed E-state index contributed by atoms with van der Waals surface area (Å²) in [5, 5.41) is 2.35. The highest BCUT2D eigenvalue weighted by Crippen LogP contribution is 2.30. The second kappa shape index (κ2) is 9.39. The van der Waals surface area contributed by atoms with E-state index in [-0.39, 0.29) is 5.54 Å². The van der Waals surface area contributed by atoms with E-state index < -0.39 is 8.80 Å². The molecule has 0 saturated carbocycles. The molecule has 0 atom stereocenters. The van der Waals surface area contributed by atoms with Crippen LogP contribution in [-0.4, -0.2) is 46.7 Å². The molecule has 5 nitrogen and oxygen atoms in total. The van der Waals surface area contributed by atoms with Gasteiger partial charge in [-0.05, 0) is 57.4 Å². The molecular weight excluding hydrogens is 382 g/mol. The van der Waals surface area contributed by atoms with Crippen molar-refractivity contribution in [3.8, 4) is 0 Å². The molecule has 0 fully saturated rings. The Morgan fingerprint density at radius 1 is 0.966 bits per heavy atom. The number of nitrogens with zero attached hydrogens (tertiary/aromatic N) is 1.